The molecule has 2 fully saturated rings. The topological polar surface area (TPSA) is 49.4 Å². The van der Waals surface area contributed by atoms with Crippen molar-refractivity contribution in [1.29, 1.82) is 0 Å². The van der Waals surface area contributed by atoms with Crippen LogP contribution in [0.25, 0.3) is 0 Å². The minimum absolute atomic E-state index is 0.0104. The van der Waals surface area contributed by atoms with Gasteiger partial charge in [-0.25, -0.2) is 0 Å². The smallest absolute Gasteiger partial charge is 0.245 e. The third-order valence-electron chi connectivity index (χ3n) is 4.87. The van der Waals surface area contributed by atoms with Gasteiger partial charge < -0.3 is 10.2 Å². The molecule has 1 aliphatic heterocycles. The SMILES string of the molecule is CCC(C)C1NC(=O)CCN(CC2CC2(C)C)C1=O. The Labute approximate surface area is 115 Å². The first-order valence-corrected chi connectivity index (χ1v) is 7.43. The van der Waals surface area contributed by atoms with Crippen LogP contribution in [0.1, 0.15) is 47.0 Å². The molecule has 1 N–H and O–H groups in total. The van der Waals surface area contributed by atoms with Crippen molar-refractivity contribution in [2.45, 2.75) is 53.0 Å². The molecule has 19 heavy (non-hydrogen) atoms. The van der Waals surface area contributed by atoms with Crippen molar-refractivity contribution in [1.82, 2.24) is 10.2 Å². The summed E-state index contributed by atoms with van der Waals surface area (Å²) >= 11 is 0. The highest BCUT2D eigenvalue weighted by atomic mass is 16.2. The average Bonchev–Trinajstić information content (AvgIpc) is 2.99. The molecule has 1 saturated heterocycles. The Morgan fingerprint density at radius 1 is 1.42 bits per heavy atom. The second kappa shape index (κ2) is 5.14. The molecule has 1 heterocycles. The first-order valence-electron chi connectivity index (χ1n) is 7.43. The molecule has 4 heteroatoms. The predicted octanol–water partition coefficient (Wildman–Crippen LogP) is 1.80. The molecule has 2 amide bonds. The molecular formula is C15H26N2O2. The van der Waals surface area contributed by atoms with Gasteiger partial charge in [0.05, 0.1) is 0 Å². The van der Waals surface area contributed by atoms with Gasteiger partial charge in [-0.3, -0.25) is 9.59 Å². The molecule has 3 unspecified atom stereocenters. The highest BCUT2D eigenvalue weighted by Gasteiger charge is 2.47. The molecule has 0 radical (unpaired) electrons. The number of nitrogens with zero attached hydrogens (tertiary/aromatic N) is 1. The van der Waals surface area contributed by atoms with Crippen LogP contribution in [0.4, 0.5) is 0 Å². The van der Waals surface area contributed by atoms with E-state index in [4.69, 9.17) is 0 Å². The maximum Gasteiger partial charge on any atom is 0.245 e. The van der Waals surface area contributed by atoms with E-state index in [2.05, 4.69) is 26.1 Å². The molecule has 0 aromatic rings. The van der Waals surface area contributed by atoms with Gasteiger partial charge in [-0.15, -0.1) is 0 Å². The lowest BCUT2D eigenvalue weighted by Crippen LogP contribution is -2.48. The Balaban J connectivity index is 2.06. The Morgan fingerprint density at radius 3 is 2.58 bits per heavy atom. The molecule has 1 saturated carbocycles. The molecular weight excluding hydrogens is 240 g/mol. The van der Waals surface area contributed by atoms with Gasteiger partial charge in [-0.2, -0.15) is 0 Å². The van der Waals surface area contributed by atoms with E-state index in [0.29, 0.717) is 24.3 Å². The standard InChI is InChI=1S/C15H26N2O2/c1-5-10(2)13-14(19)17(7-6-12(18)16-13)9-11-8-15(11,3)4/h10-11,13H,5-9H2,1-4H3,(H,16,18). The lowest BCUT2D eigenvalue weighted by Gasteiger charge is -2.27. The van der Waals surface area contributed by atoms with Gasteiger partial charge in [0, 0.05) is 19.5 Å². The van der Waals surface area contributed by atoms with E-state index in [-0.39, 0.29) is 23.8 Å². The second-order valence-corrected chi connectivity index (χ2v) is 6.85. The number of rotatable bonds is 4. The van der Waals surface area contributed by atoms with Crippen LogP contribution in [-0.2, 0) is 9.59 Å². The number of hydrogen-bond donors (Lipinski definition) is 1. The van der Waals surface area contributed by atoms with Crippen molar-refractivity contribution in [2.75, 3.05) is 13.1 Å². The van der Waals surface area contributed by atoms with Crippen molar-refractivity contribution >= 4 is 11.8 Å². The fourth-order valence-corrected chi connectivity index (χ4v) is 2.81. The largest absolute Gasteiger partial charge is 0.344 e. The maximum atomic E-state index is 12.6. The summed E-state index contributed by atoms with van der Waals surface area (Å²) in [5.41, 5.74) is 0.371. The fraction of sp³-hybridized carbons (Fsp3) is 0.867. The van der Waals surface area contributed by atoms with E-state index < -0.39 is 0 Å². The van der Waals surface area contributed by atoms with Gasteiger partial charge in [-0.05, 0) is 23.7 Å². The third kappa shape index (κ3) is 3.10. The molecule has 4 nitrogen and oxygen atoms in total. The summed E-state index contributed by atoms with van der Waals surface area (Å²) in [5, 5.41) is 2.89. The average molecular weight is 266 g/mol. The van der Waals surface area contributed by atoms with E-state index in [1.54, 1.807) is 0 Å². The number of carbonyl (C=O) groups is 2. The van der Waals surface area contributed by atoms with Gasteiger partial charge in [0.1, 0.15) is 6.04 Å². The van der Waals surface area contributed by atoms with E-state index >= 15 is 0 Å². The number of nitrogens with one attached hydrogen (secondary N) is 1. The van der Waals surface area contributed by atoms with Crippen molar-refractivity contribution in [3.05, 3.63) is 0 Å². The summed E-state index contributed by atoms with van der Waals surface area (Å²) in [5.74, 6) is 0.922. The van der Waals surface area contributed by atoms with Crippen LogP contribution >= 0.6 is 0 Å². The molecule has 0 aromatic heterocycles. The zero-order valence-corrected chi connectivity index (χ0v) is 12.5. The molecule has 1 aliphatic carbocycles. The van der Waals surface area contributed by atoms with Crippen molar-refractivity contribution in [3.63, 3.8) is 0 Å². The van der Waals surface area contributed by atoms with Crippen LogP contribution in [0.3, 0.4) is 0 Å². The highest BCUT2D eigenvalue weighted by Crippen LogP contribution is 2.51. The normalized spacial score (nSPS) is 31.7. The van der Waals surface area contributed by atoms with E-state index in [0.717, 1.165) is 13.0 Å². The highest BCUT2D eigenvalue weighted by molar-refractivity contribution is 5.90. The molecule has 0 aromatic carbocycles. The van der Waals surface area contributed by atoms with Crippen LogP contribution in [-0.4, -0.2) is 35.8 Å². The minimum Gasteiger partial charge on any atom is -0.344 e. The molecule has 2 rings (SSSR count). The van der Waals surface area contributed by atoms with E-state index in [9.17, 15) is 9.59 Å². The zero-order chi connectivity index (χ0) is 14.2. The Hall–Kier alpha value is -1.06. The molecule has 3 atom stereocenters. The third-order valence-corrected chi connectivity index (χ3v) is 4.87. The van der Waals surface area contributed by atoms with Crippen LogP contribution in [0.5, 0.6) is 0 Å². The van der Waals surface area contributed by atoms with Crippen LogP contribution in [0.2, 0.25) is 0 Å². The Kier molecular flexibility index (Phi) is 3.88. The summed E-state index contributed by atoms with van der Waals surface area (Å²) in [6, 6.07) is -0.332. The minimum atomic E-state index is -0.332. The summed E-state index contributed by atoms with van der Waals surface area (Å²) < 4.78 is 0. The lowest BCUT2D eigenvalue weighted by atomic mass is 9.98. The lowest BCUT2D eigenvalue weighted by molar-refractivity contribution is -0.135. The van der Waals surface area contributed by atoms with Gasteiger partial charge in [-0.1, -0.05) is 34.1 Å². The van der Waals surface area contributed by atoms with E-state index in [1.807, 2.05) is 11.8 Å². The summed E-state index contributed by atoms with van der Waals surface area (Å²) in [7, 11) is 0. The second-order valence-electron chi connectivity index (χ2n) is 6.85. The van der Waals surface area contributed by atoms with Crippen molar-refractivity contribution in [2.24, 2.45) is 17.3 Å². The zero-order valence-electron chi connectivity index (χ0n) is 12.5. The van der Waals surface area contributed by atoms with Gasteiger partial charge in [0.25, 0.3) is 0 Å². The molecule has 108 valence electrons. The quantitative estimate of drug-likeness (QED) is 0.843. The van der Waals surface area contributed by atoms with Crippen molar-refractivity contribution < 1.29 is 9.59 Å². The van der Waals surface area contributed by atoms with Gasteiger partial charge >= 0.3 is 0 Å². The van der Waals surface area contributed by atoms with Crippen LogP contribution in [0, 0.1) is 17.3 Å². The number of hydrogen-bond acceptors (Lipinski definition) is 2. The first-order chi connectivity index (χ1) is 8.85. The Morgan fingerprint density at radius 2 is 2.05 bits per heavy atom. The number of carbonyl (C=O) groups excluding carboxylic acids is 2. The summed E-state index contributed by atoms with van der Waals surface area (Å²) in [6.45, 7) is 9.97. The summed E-state index contributed by atoms with van der Waals surface area (Å²) in [6.07, 6.45) is 2.53. The fourth-order valence-electron chi connectivity index (χ4n) is 2.81. The number of amides is 2. The predicted molar refractivity (Wildman–Crippen MR) is 74.5 cm³/mol. The molecule has 0 bridgehead atoms. The molecule has 2 aliphatic rings. The maximum absolute atomic E-state index is 12.6. The van der Waals surface area contributed by atoms with Crippen molar-refractivity contribution in [3.8, 4) is 0 Å². The van der Waals surface area contributed by atoms with Crippen LogP contribution < -0.4 is 5.32 Å². The van der Waals surface area contributed by atoms with Gasteiger partial charge in [0.2, 0.25) is 11.8 Å². The van der Waals surface area contributed by atoms with E-state index in [1.165, 1.54) is 6.42 Å². The summed E-state index contributed by atoms with van der Waals surface area (Å²) in [4.78, 5) is 26.2. The van der Waals surface area contributed by atoms with Gasteiger partial charge in [0.15, 0.2) is 0 Å². The first kappa shape index (κ1) is 14.4. The molecule has 0 spiro atoms. The Bertz CT molecular complexity index is 378. The monoisotopic (exact) mass is 266 g/mol. The van der Waals surface area contributed by atoms with Crippen LogP contribution in [0.15, 0.2) is 0 Å².